The van der Waals surface area contributed by atoms with Gasteiger partial charge in [-0.15, -0.1) is 0 Å². The Bertz CT molecular complexity index is 394. The van der Waals surface area contributed by atoms with Crippen molar-refractivity contribution >= 4 is 0 Å². The van der Waals surface area contributed by atoms with Crippen LogP contribution in [0.15, 0.2) is 4.52 Å². The lowest BCUT2D eigenvalue weighted by atomic mass is 9.84. The number of nitrogens with zero attached hydrogens (tertiary/aromatic N) is 2. The zero-order valence-electron chi connectivity index (χ0n) is 12.7. The lowest BCUT2D eigenvalue weighted by Crippen LogP contribution is -2.33. The Morgan fingerprint density at radius 3 is 2.75 bits per heavy atom. The lowest BCUT2D eigenvalue weighted by Gasteiger charge is -2.33. The highest BCUT2D eigenvalue weighted by molar-refractivity contribution is 5.05. The third-order valence-corrected chi connectivity index (χ3v) is 4.19. The Balaban J connectivity index is 2.12. The van der Waals surface area contributed by atoms with Crippen molar-refractivity contribution in [2.24, 2.45) is 5.73 Å². The molecule has 0 amide bonds. The van der Waals surface area contributed by atoms with Crippen molar-refractivity contribution in [1.82, 2.24) is 10.1 Å². The summed E-state index contributed by atoms with van der Waals surface area (Å²) in [5.74, 6) is 1.73. The standard InChI is InChI=1S/C15H27N3O2/c1-3-19-15(9-5-4-6-10-15)14-17-13(20-18-14)12(2)8-7-11-16/h12H,3-11,16H2,1-2H3. The predicted molar refractivity (Wildman–Crippen MR) is 77.4 cm³/mol. The van der Waals surface area contributed by atoms with Gasteiger partial charge in [-0.05, 0) is 39.2 Å². The van der Waals surface area contributed by atoms with Crippen molar-refractivity contribution in [3.05, 3.63) is 11.7 Å². The first kappa shape index (κ1) is 15.4. The number of ether oxygens (including phenoxy) is 1. The molecule has 20 heavy (non-hydrogen) atoms. The smallest absolute Gasteiger partial charge is 0.229 e. The Morgan fingerprint density at radius 1 is 1.35 bits per heavy atom. The van der Waals surface area contributed by atoms with Gasteiger partial charge in [-0.2, -0.15) is 4.98 Å². The summed E-state index contributed by atoms with van der Waals surface area (Å²) in [5, 5.41) is 4.22. The molecule has 0 spiro atoms. The van der Waals surface area contributed by atoms with Crippen molar-refractivity contribution in [3.63, 3.8) is 0 Å². The van der Waals surface area contributed by atoms with E-state index < -0.39 is 0 Å². The van der Waals surface area contributed by atoms with E-state index in [1.54, 1.807) is 0 Å². The topological polar surface area (TPSA) is 74.2 Å². The first-order valence-electron chi connectivity index (χ1n) is 7.90. The normalized spacial score (nSPS) is 19.9. The highest BCUT2D eigenvalue weighted by Gasteiger charge is 2.39. The molecule has 0 bridgehead atoms. The number of hydrogen-bond donors (Lipinski definition) is 1. The molecule has 1 aliphatic rings. The summed E-state index contributed by atoms with van der Waals surface area (Å²) >= 11 is 0. The zero-order valence-corrected chi connectivity index (χ0v) is 12.7. The van der Waals surface area contributed by atoms with Crippen LogP contribution in [0.25, 0.3) is 0 Å². The summed E-state index contributed by atoms with van der Waals surface area (Å²) < 4.78 is 11.5. The second-order valence-electron chi connectivity index (χ2n) is 5.78. The molecular formula is C15H27N3O2. The number of nitrogens with two attached hydrogens (primary N) is 1. The van der Waals surface area contributed by atoms with Gasteiger partial charge in [-0.25, -0.2) is 0 Å². The lowest BCUT2D eigenvalue weighted by molar-refractivity contribution is -0.0777. The number of rotatable bonds is 7. The molecule has 2 rings (SSSR count). The maximum atomic E-state index is 6.03. The highest BCUT2D eigenvalue weighted by Crippen LogP contribution is 2.39. The fourth-order valence-corrected chi connectivity index (χ4v) is 3.00. The van der Waals surface area contributed by atoms with E-state index in [2.05, 4.69) is 17.1 Å². The van der Waals surface area contributed by atoms with Gasteiger partial charge in [0.1, 0.15) is 5.60 Å². The van der Waals surface area contributed by atoms with Crippen LogP contribution in [0.1, 0.15) is 76.4 Å². The largest absolute Gasteiger partial charge is 0.367 e. The van der Waals surface area contributed by atoms with Crippen molar-refractivity contribution in [1.29, 1.82) is 0 Å². The van der Waals surface area contributed by atoms with Gasteiger partial charge in [0.25, 0.3) is 0 Å². The van der Waals surface area contributed by atoms with E-state index in [9.17, 15) is 0 Å². The molecule has 5 nitrogen and oxygen atoms in total. The Hall–Kier alpha value is -0.940. The summed E-state index contributed by atoms with van der Waals surface area (Å²) in [5.41, 5.74) is 5.23. The summed E-state index contributed by atoms with van der Waals surface area (Å²) in [4.78, 5) is 4.63. The molecule has 1 atom stereocenters. The molecule has 0 aromatic carbocycles. The first-order valence-corrected chi connectivity index (χ1v) is 7.90. The van der Waals surface area contributed by atoms with Crippen LogP contribution in [-0.2, 0) is 10.3 Å². The van der Waals surface area contributed by atoms with E-state index in [1.807, 2.05) is 6.92 Å². The van der Waals surface area contributed by atoms with E-state index in [0.717, 1.165) is 37.4 Å². The van der Waals surface area contributed by atoms with E-state index >= 15 is 0 Å². The predicted octanol–water partition coefficient (Wildman–Crippen LogP) is 3.11. The van der Waals surface area contributed by atoms with E-state index in [-0.39, 0.29) is 11.5 Å². The van der Waals surface area contributed by atoms with Crippen LogP contribution in [0.3, 0.4) is 0 Å². The third-order valence-electron chi connectivity index (χ3n) is 4.19. The van der Waals surface area contributed by atoms with Gasteiger partial charge in [-0.1, -0.05) is 31.3 Å². The van der Waals surface area contributed by atoms with Crippen molar-refractivity contribution in [2.45, 2.75) is 70.3 Å². The molecule has 1 aromatic rings. The minimum atomic E-state index is -0.317. The van der Waals surface area contributed by atoms with Crippen LogP contribution in [-0.4, -0.2) is 23.3 Å². The average molecular weight is 281 g/mol. The molecule has 0 saturated heterocycles. The van der Waals surface area contributed by atoms with Gasteiger partial charge < -0.3 is 15.0 Å². The fraction of sp³-hybridized carbons (Fsp3) is 0.867. The van der Waals surface area contributed by atoms with Crippen LogP contribution in [0.2, 0.25) is 0 Å². The van der Waals surface area contributed by atoms with E-state index in [1.165, 1.54) is 19.3 Å². The molecule has 1 aromatic heterocycles. The monoisotopic (exact) mass is 281 g/mol. The van der Waals surface area contributed by atoms with E-state index in [4.69, 9.17) is 15.0 Å². The Morgan fingerprint density at radius 2 is 2.10 bits per heavy atom. The molecule has 2 N–H and O–H groups in total. The van der Waals surface area contributed by atoms with Gasteiger partial charge >= 0.3 is 0 Å². The van der Waals surface area contributed by atoms with Crippen LogP contribution < -0.4 is 5.73 Å². The minimum absolute atomic E-state index is 0.266. The van der Waals surface area contributed by atoms with Crippen molar-refractivity contribution in [2.75, 3.05) is 13.2 Å². The van der Waals surface area contributed by atoms with Gasteiger partial charge in [0.15, 0.2) is 0 Å². The summed E-state index contributed by atoms with van der Waals surface area (Å²) in [6, 6.07) is 0. The maximum Gasteiger partial charge on any atom is 0.229 e. The van der Waals surface area contributed by atoms with Crippen LogP contribution >= 0.6 is 0 Å². The fourth-order valence-electron chi connectivity index (χ4n) is 3.00. The second-order valence-corrected chi connectivity index (χ2v) is 5.78. The molecule has 0 aliphatic heterocycles. The minimum Gasteiger partial charge on any atom is -0.367 e. The molecule has 1 aliphatic carbocycles. The zero-order chi connectivity index (χ0) is 14.4. The summed E-state index contributed by atoms with van der Waals surface area (Å²) in [6.07, 6.45) is 7.58. The number of hydrogen-bond acceptors (Lipinski definition) is 5. The maximum absolute atomic E-state index is 6.03. The Labute approximate surface area is 121 Å². The molecular weight excluding hydrogens is 254 g/mol. The van der Waals surface area contributed by atoms with Crippen LogP contribution in [0.5, 0.6) is 0 Å². The molecule has 0 radical (unpaired) electrons. The summed E-state index contributed by atoms with van der Waals surface area (Å²) in [6.45, 7) is 5.53. The SMILES string of the molecule is CCOC1(c2noc(C(C)CCCN)n2)CCCCC1. The van der Waals surface area contributed by atoms with Gasteiger partial charge in [0, 0.05) is 12.5 Å². The average Bonchev–Trinajstić information content (AvgIpc) is 2.96. The molecule has 1 heterocycles. The van der Waals surface area contributed by atoms with Crippen molar-refractivity contribution < 1.29 is 9.26 Å². The molecule has 1 saturated carbocycles. The van der Waals surface area contributed by atoms with Gasteiger partial charge in [-0.3, -0.25) is 0 Å². The number of aromatic nitrogens is 2. The summed E-state index contributed by atoms with van der Waals surface area (Å²) in [7, 11) is 0. The van der Waals surface area contributed by atoms with E-state index in [0.29, 0.717) is 13.2 Å². The molecule has 114 valence electrons. The molecule has 1 unspecified atom stereocenters. The Kier molecular flexibility index (Phi) is 5.54. The van der Waals surface area contributed by atoms with Crippen molar-refractivity contribution in [3.8, 4) is 0 Å². The highest BCUT2D eigenvalue weighted by atomic mass is 16.5. The molecule has 1 fully saturated rings. The van der Waals surface area contributed by atoms with Gasteiger partial charge in [0.05, 0.1) is 0 Å². The van der Waals surface area contributed by atoms with Gasteiger partial charge in [0.2, 0.25) is 11.7 Å². The second kappa shape index (κ2) is 7.18. The van der Waals surface area contributed by atoms with Crippen LogP contribution in [0.4, 0.5) is 0 Å². The molecule has 5 heteroatoms. The van der Waals surface area contributed by atoms with Crippen LogP contribution in [0, 0.1) is 0 Å². The third kappa shape index (κ3) is 3.38. The quantitative estimate of drug-likeness (QED) is 0.831. The first-order chi connectivity index (χ1) is 9.72.